The van der Waals surface area contributed by atoms with Crippen LogP contribution >= 0.6 is 0 Å². The number of amides is 2. The van der Waals surface area contributed by atoms with Crippen molar-refractivity contribution in [2.45, 2.75) is 45.0 Å². The van der Waals surface area contributed by atoms with Crippen molar-refractivity contribution in [1.29, 1.82) is 0 Å². The van der Waals surface area contributed by atoms with Crippen LogP contribution in [0.3, 0.4) is 0 Å². The van der Waals surface area contributed by atoms with E-state index < -0.39 is 23.4 Å². The molecule has 2 amide bonds. The predicted octanol–water partition coefficient (Wildman–Crippen LogP) is 5.64. The Balaban J connectivity index is 1.59. The number of piperazine rings is 1. The van der Waals surface area contributed by atoms with Gasteiger partial charge in [-0.1, -0.05) is 36.4 Å². The van der Waals surface area contributed by atoms with Crippen LogP contribution in [0.1, 0.15) is 43.9 Å². The van der Waals surface area contributed by atoms with E-state index in [1.54, 1.807) is 49.9 Å². The van der Waals surface area contributed by atoms with Crippen molar-refractivity contribution < 1.29 is 27.5 Å². The van der Waals surface area contributed by atoms with Crippen molar-refractivity contribution in [3.63, 3.8) is 0 Å². The highest BCUT2D eigenvalue weighted by Crippen LogP contribution is 2.36. The van der Waals surface area contributed by atoms with Crippen molar-refractivity contribution in [2.75, 3.05) is 29.9 Å². The Bertz CT molecular complexity index is 1150. The van der Waals surface area contributed by atoms with Crippen molar-refractivity contribution in [3.8, 4) is 0 Å². The molecule has 0 radical (unpaired) electrons. The summed E-state index contributed by atoms with van der Waals surface area (Å²) in [4.78, 5) is 28.8. The highest BCUT2D eigenvalue weighted by molar-refractivity contribution is 5.97. The number of ether oxygens (including phenoxy) is 1. The van der Waals surface area contributed by atoms with Crippen molar-refractivity contribution in [2.24, 2.45) is 0 Å². The van der Waals surface area contributed by atoms with Gasteiger partial charge in [0.15, 0.2) is 0 Å². The Morgan fingerprint density at radius 3 is 2.54 bits per heavy atom. The number of nitrogens with one attached hydrogen (secondary N) is 1. The SMILES string of the molecule is CC(C)(C)OC(=O)N1CCN2c3cc(C=Cc4ccccc4C(F)(F)F)ccc3NC(=O)CC2C1. The molecule has 2 heterocycles. The summed E-state index contributed by atoms with van der Waals surface area (Å²) in [5.74, 6) is -0.160. The normalized spacial score (nSPS) is 18.6. The van der Waals surface area contributed by atoms with Crippen LogP contribution < -0.4 is 10.2 Å². The first-order chi connectivity index (χ1) is 16.4. The molecule has 2 aromatic rings. The van der Waals surface area contributed by atoms with Gasteiger partial charge in [0, 0.05) is 26.1 Å². The molecule has 2 aliphatic heterocycles. The van der Waals surface area contributed by atoms with E-state index in [1.807, 2.05) is 6.07 Å². The number of halogens is 3. The van der Waals surface area contributed by atoms with Crippen LogP contribution in [-0.4, -0.2) is 48.2 Å². The van der Waals surface area contributed by atoms with Gasteiger partial charge < -0.3 is 19.9 Å². The lowest BCUT2D eigenvalue weighted by Gasteiger charge is -2.42. The minimum Gasteiger partial charge on any atom is -0.444 e. The molecule has 1 N–H and O–H groups in total. The molecule has 1 unspecified atom stereocenters. The average molecular weight is 488 g/mol. The van der Waals surface area contributed by atoms with Crippen LogP contribution in [0.5, 0.6) is 0 Å². The number of carbonyl (C=O) groups excluding carboxylic acids is 2. The fourth-order valence-corrected chi connectivity index (χ4v) is 4.34. The first-order valence-corrected chi connectivity index (χ1v) is 11.4. The second-order valence-corrected chi connectivity index (χ2v) is 9.72. The first kappa shape index (κ1) is 24.6. The number of benzene rings is 2. The average Bonchev–Trinajstić information content (AvgIpc) is 2.90. The molecule has 0 saturated carbocycles. The maximum atomic E-state index is 13.3. The van der Waals surface area contributed by atoms with Crippen LogP contribution in [0.15, 0.2) is 42.5 Å². The van der Waals surface area contributed by atoms with Gasteiger partial charge in [0.2, 0.25) is 5.91 Å². The fraction of sp³-hybridized carbons (Fsp3) is 0.385. The maximum Gasteiger partial charge on any atom is 0.416 e. The summed E-state index contributed by atoms with van der Waals surface area (Å²) in [5, 5.41) is 2.90. The topological polar surface area (TPSA) is 61.9 Å². The third-order valence-corrected chi connectivity index (χ3v) is 5.88. The number of hydrogen-bond donors (Lipinski definition) is 1. The number of nitrogens with zero attached hydrogens (tertiary/aromatic N) is 2. The van der Waals surface area contributed by atoms with Crippen LogP contribution in [0.2, 0.25) is 0 Å². The summed E-state index contributed by atoms with van der Waals surface area (Å²) in [6.07, 6.45) is -1.58. The second kappa shape index (κ2) is 9.28. The zero-order valence-corrected chi connectivity index (χ0v) is 19.9. The Hall–Kier alpha value is -3.49. The molecule has 35 heavy (non-hydrogen) atoms. The number of hydrogen-bond acceptors (Lipinski definition) is 4. The number of rotatable bonds is 2. The van der Waals surface area contributed by atoms with E-state index in [1.165, 1.54) is 18.2 Å². The number of anilines is 2. The Morgan fingerprint density at radius 1 is 1.09 bits per heavy atom. The van der Waals surface area contributed by atoms with Crippen LogP contribution in [0.25, 0.3) is 12.2 Å². The number of fused-ring (bicyclic) bond motifs is 3. The monoisotopic (exact) mass is 487 g/mol. The molecule has 1 atom stereocenters. The summed E-state index contributed by atoms with van der Waals surface area (Å²) in [6, 6.07) is 10.5. The molecular weight excluding hydrogens is 459 g/mol. The van der Waals surface area contributed by atoms with Crippen molar-refractivity contribution >= 4 is 35.5 Å². The minimum absolute atomic E-state index is 0.0760. The van der Waals surface area contributed by atoms with Crippen LogP contribution in [0, 0.1) is 0 Å². The molecule has 6 nitrogen and oxygen atoms in total. The van der Waals surface area contributed by atoms with E-state index in [2.05, 4.69) is 10.2 Å². The van der Waals surface area contributed by atoms with E-state index in [-0.39, 0.29) is 23.9 Å². The van der Waals surface area contributed by atoms with E-state index in [0.29, 0.717) is 30.9 Å². The second-order valence-electron chi connectivity index (χ2n) is 9.72. The zero-order valence-electron chi connectivity index (χ0n) is 19.9. The molecule has 1 fully saturated rings. The molecule has 1 saturated heterocycles. The summed E-state index contributed by atoms with van der Waals surface area (Å²) in [5.41, 5.74) is 0.870. The highest BCUT2D eigenvalue weighted by atomic mass is 19.4. The van der Waals surface area contributed by atoms with Crippen LogP contribution in [-0.2, 0) is 15.7 Å². The number of carbonyl (C=O) groups is 2. The molecule has 0 aromatic heterocycles. The lowest BCUT2D eigenvalue weighted by Crippen LogP contribution is -2.55. The molecule has 0 aliphatic carbocycles. The summed E-state index contributed by atoms with van der Waals surface area (Å²) < 4.78 is 45.5. The van der Waals surface area contributed by atoms with E-state index in [0.717, 1.165) is 11.8 Å². The van der Waals surface area contributed by atoms with E-state index in [9.17, 15) is 22.8 Å². The summed E-state index contributed by atoms with van der Waals surface area (Å²) in [6.45, 7) is 6.67. The van der Waals surface area contributed by atoms with Crippen molar-refractivity contribution in [1.82, 2.24) is 4.90 Å². The fourth-order valence-electron chi connectivity index (χ4n) is 4.34. The van der Waals surface area contributed by atoms with Gasteiger partial charge in [-0.05, 0) is 50.1 Å². The largest absolute Gasteiger partial charge is 0.444 e. The quantitative estimate of drug-likeness (QED) is 0.557. The predicted molar refractivity (Wildman–Crippen MR) is 129 cm³/mol. The van der Waals surface area contributed by atoms with Gasteiger partial charge in [-0.15, -0.1) is 0 Å². The Morgan fingerprint density at radius 2 is 1.83 bits per heavy atom. The van der Waals surface area contributed by atoms with Gasteiger partial charge >= 0.3 is 12.3 Å². The third kappa shape index (κ3) is 5.78. The zero-order chi connectivity index (χ0) is 25.4. The van der Waals surface area contributed by atoms with Gasteiger partial charge in [-0.2, -0.15) is 13.2 Å². The first-order valence-electron chi connectivity index (χ1n) is 11.4. The number of alkyl halides is 3. The van der Waals surface area contributed by atoms with Gasteiger partial charge in [0.05, 0.1) is 23.0 Å². The summed E-state index contributed by atoms with van der Waals surface area (Å²) in [7, 11) is 0. The van der Waals surface area contributed by atoms with Gasteiger partial charge in [0.25, 0.3) is 0 Å². The van der Waals surface area contributed by atoms with Gasteiger partial charge in [-0.25, -0.2) is 4.79 Å². The molecular formula is C26H28F3N3O3. The van der Waals surface area contributed by atoms with Crippen molar-refractivity contribution in [3.05, 3.63) is 59.2 Å². The molecule has 4 rings (SSSR count). The lowest BCUT2D eigenvalue weighted by atomic mass is 10.0. The Kier molecular flexibility index (Phi) is 6.53. The highest BCUT2D eigenvalue weighted by Gasteiger charge is 2.36. The molecule has 2 aliphatic rings. The summed E-state index contributed by atoms with van der Waals surface area (Å²) >= 11 is 0. The van der Waals surface area contributed by atoms with E-state index in [4.69, 9.17) is 4.74 Å². The third-order valence-electron chi connectivity index (χ3n) is 5.88. The Labute approximate surface area is 202 Å². The van der Waals surface area contributed by atoms with E-state index >= 15 is 0 Å². The molecule has 2 aromatic carbocycles. The molecule has 9 heteroatoms. The molecule has 0 bridgehead atoms. The maximum absolute atomic E-state index is 13.3. The standard InChI is InChI=1S/C26H28F3N3O3/c1-25(2,3)35-24(34)31-12-13-32-19(16-31)15-23(33)30-21-11-9-17(14-22(21)32)8-10-18-6-4-5-7-20(18)26(27,28)29/h4-11,14,19H,12-13,15-16H2,1-3H3,(H,30,33). The molecule has 186 valence electrons. The minimum atomic E-state index is -4.44. The molecule has 0 spiro atoms. The van der Waals surface area contributed by atoms with Gasteiger partial charge in [-0.3, -0.25) is 4.79 Å². The smallest absolute Gasteiger partial charge is 0.416 e. The lowest BCUT2D eigenvalue weighted by molar-refractivity contribution is -0.137. The van der Waals surface area contributed by atoms with Crippen LogP contribution in [0.4, 0.5) is 29.3 Å². The van der Waals surface area contributed by atoms with Gasteiger partial charge in [0.1, 0.15) is 5.60 Å².